The Balaban J connectivity index is 1.60. The molecule has 0 bridgehead atoms. The van der Waals surface area contributed by atoms with E-state index in [1.807, 2.05) is 43.4 Å². The summed E-state index contributed by atoms with van der Waals surface area (Å²) in [4.78, 5) is 20.5. The first kappa shape index (κ1) is 20.3. The number of nitrogen functional groups attached to an aromatic ring is 1. The lowest BCUT2D eigenvalue weighted by Crippen LogP contribution is -2.23. The molecular weight excluding hydrogens is 454 g/mol. The number of pyridine rings is 2. The normalized spacial score (nSPS) is 15.2. The standard InChI is InChI=1S/C24H21N5O2S2/c1-29-19(8-10-27-29)17-12-18(14-5-6-16-13(11-14)7-9-26-22(16)30)28-23-20(17)21(25)24(32-23)33(31)15-3-2-4-15/h5-12,15H,2-4,25H2,1H3,(H,26,30). The van der Waals surface area contributed by atoms with Crippen molar-refractivity contribution < 1.29 is 4.21 Å². The summed E-state index contributed by atoms with van der Waals surface area (Å²) in [5, 5.41) is 6.82. The molecule has 7 nitrogen and oxygen atoms in total. The van der Waals surface area contributed by atoms with Gasteiger partial charge in [0.05, 0.1) is 27.9 Å². The Bertz CT molecular complexity index is 1630. The van der Waals surface area contributed by atoms with Crippen molar-refractivity contribution >= 4 is 48.8 Å². The lowest BCUT2D eigenvalue weighted by atomic mass is 10.00. The van der Waals surface area contributed by atoms with Crippen LogP contribution in [0.25, 0.3) is 43.5 Å². The van der Waals surface area contributed by atoms with Crippen LogP contribution in [-0.4, -0.2) is 29.2 Å². The van der Waals surface area contributed by atoms with E-state index in [0.29, 0.717) is 15.3 Å². The monoisotopic (exact) mass is 475 g/mol. The molecule has 0 aliphatic heterocycles. The van der Waals surface area contributed by atoms with E-state index in [1.165, 1.54) is 11.3 Å². The number of hydrogen-bond donors (Lipinski definition) is 2. The van der Waals surface area contributed by atoms with Gasteiger partial charge in [-0.2, -0.15) is 5.10 Å². The molecule has 1 aliphatic rings. The highest BCUT2D eigenvalue weighted by atomic mass is 32.2. The lowest BCUT2D eigenvalue weighted by Gasteiger charge is -2.23. The van der Waals surface area contributed by atoms with Crippen LogP contribution in [0.5, 0.6) is 0 Å². The predicted molar refractivity (Wildman–Crippen MR) is 134 cm³/mol. The van der Waals surface area contributed by atoms with Crippen LogP contribution in [0, 0.1) is 0 Å². The Morgan fingerprint density at radius 3 is 2.79 bits per heavy atom. The molecule has 5 aromatic rings. The molecule has 1 aromatic carbocycles. The summed E-state index contributed by atoms with van der Waals surface area (Å²) in [7, 11) is 0.763. The Morgan fingerprint density at radius 2 is 2.06 bits per heavy atom. The minimum atomic E-state index is -1.13. The van der Waals surface area contributed by atoms with E-state index in [4.69, 9.17) is 10.7 Å². The van der Waals surface area contributed by atoms with Gasteiger partial charge >= 0.3 is 0 Å². The molecule has 1 atom stereocenters. The quantitative estimate of drug-likeness (QED) is 0.399. The average Bonchev–Trinajstić information content (AvgIpc) is 3.35. The number of H-pyrrole nitrogens is 1. The molecule has 9 heteroatoms. The summed E-state index contributed by atoms with van der Waals surface area (Å²) in [5.41, 5.74) is 10.5. The molecule has 0 spiro atoms. The number of aryl methyl sites for hydroxylation is 1. The van der Waals surface area contributed by atoms with Crippen molar-refractivity contribution in [1.29, 1.82) is 0 Å². The third-order valence-corrected chi connectivity index (χ3v) is 9.67. The first-order valence-electron chi connectivity index (χ1n) is 10.7. The summed E-state index contributed by atoms with van der Waals surface area (Å²) in [5.74, 6) is 0. The smallest absolute Gasteiger partial charge is 0.255 e. The molecule has 166 valence electrons. The van der Waals surface area contributed by atoms with Gasteiger partial charge in [0.15, 0.2) is 0 Å². The Kier molecular flexibility index (Phi) is 4.70. The number of aromatic nitrogens is 4. The lowest BCUT2D eigenvalue weighted by molar-refractivity contribution is 0.505. The Labute approximate surface area is 195 Å². The minimum absolute atomic E-state index is 0.118. The van der Waals surface area contributed by atoms with E-state index < -0.39 is 10.8 Å². The van der Waals surface area contributed by atoms with Crippen LogP contribution in [0.1, 0.15) is 19.3 Å². The molecule has 0 radical (unpaired) electrons. The van der Waals surface area contributed by atoms with Crippen molar-refractivity contribution in [2.45, 2.75) is 28.7 Å². The Morgan fingerprint density at radius 1 is 1.21 bits per heavy atom. The number of nitrogens with zero attached hydrogens (tertiary/aromatic N) is 3. The Hall–Kier alpha value is -3.30. The van der Waals surface area contributed by atoms with Crippen molar-refractivity contribution in [2.75, 3.05) is 5.73 Å². The summed E-state index contributed by atoms with van der Waals surface area (Å²) < 4.78 is 15.7. The van der Waals surface area contributed by atoms with Gasteiger partial charge in [-0.25, -0.2) is 4.98 Å². The molecule has 3 N–H and O–H groups in total. The highest BCUT2D eigenvalue weighted by Gasteiger charge is 2.30. The first-order chi connectivity index (χ1) is 16.0. The number of benzene rings is 1. The van der Waals surface area contributed by atoms with Crippen molar-refractivity contribution in [2.24, 2.45) is 7.05 Å². The van der Waals surface area contributed by atoms with Gasteiger partial charge in [-0.1, -0.05) is 12.5 Å². The molecule has 1 unspecified atom stereocenters. The first-order valence-corrected chi connectivity index (χ1v) is 12.8. The molecule has 0 amide bonds. The SMILES string of the molecule is Cn1nccc1-c1cc(-c2ccc3c(=O)[nH]ccc3c2)nc2sc(S(=O)C3CCC3)c(N)c12. The molecular formula is C24H21N5O2S2. The number of hydrogen-bond acceptors (Lipinski definition) is 6. The third-order valence-electron chi connectivity index (χ3n) is 6.37. The maximum absolute atomic E-state index is 13.2. The molecule has 6 rings (SSSR count). The number of anilines is 1. The van der Waals surface area contributed by atoms with Crippen LogP contribution in [0.2, 0.25) is 0 Å². The van der Waals surface area contributed by atoms with Gasteiger partial charge in [-0.05, 0) is 48.6 Å². The highest BCUT2D eigenvalue weighted by Crippen LogP contribution is 2.44. The summed E-state index contributed by atoms with van der Waals surface area (Å²) in [6, 6.07) is 11.5. The van der Waals surface area contributed by atoms with Gasteiger partial charge in [0, 0.05) is 46.6 Å². The van der Waals surface area contributed by atoms with E-state index in [-0.39, 0.29) is 10.8 Å². The fraction of sp³-hybridized carbons (Fsp3) is 0.208. The fourth-order valence-corrected chi connectivity index (χ4v) is 7.54. The largest absolute Gasteiger partial charge is 0.396 e. The maximum atomic E-state index is 13.2. The molecule has 1 aliphatic carbocycles. The van der Waals surface area contributed by atoms with E-state index in [9.17, 15) is 9.00 Å². The zero-order valence-electron chi connectivity index (χ0n) is 17.9. The molecule has 4 aromatic heterocycles. The predicted octanol–water partition coefficient (Wildman–Crippen LogP) is 4.45. The van der Waals surface area contributed by atoms with Gasteiger partial charge in [-0.3, -0.25) is 13.7 Å². The van der Waals surface area contributed by atoms with Crippen LogP contribution in [-0.2, 0) is 17.8 Å². The van der Waals surface area contributed by atoms with Crippen LogP contribution >= 0.6 is 11.3 Å². The molecule has 33 heavy (non-hydrogen) atoms. The number of nitrogens with two attached hydrogens (primary N) is 1. The maximum Gasteiger partial charge on any atom is 0.255 e. The van der Waals surface area contributed by atoms with Gasteiger partial charge in [0.1, 0.15) is 9.04 Å². The van der Waals surface area contributed by atoms with Gasteiger partial charge in [-0.15, -0.1) is 11.3 Å². The second kappa shape index (κ2) is 7.64. The van der Waals surface area contributed by atoms with E-state index in [0.717, 1.165) is 57.4 Å². The number of thiophene rings is 1. The van der Waals surface area contributed by atoms with Gasteiger partial charge in [0.25, 0.3) is 5.56 Å². The number of nitrogens with one attached hydrogen (secondary N) is 1. The summed E-state index contributed by atoms with van der Waals surface area (Å²) in [6.45, 7) is 0. The van der Waals surface area contributed by atoms with E-state index >= 15 is 0 Å². The van der Waals surface area contributed by atoms with Crippen LogP contribution in [0.15, 0.2) is 57.8 Å². The third kappa shape index (κ3) is 3.22. The number of rotatable bonds is 4. The second-order valence-electron chi connectivity index (χ2n) is 8.34. The molecule has 1 saturated carbocycles. The van der Waals surface area contributed by atoms with Crippen LogP contribution in [0.3, 0.4) is 0 Å². The van der Waals surface area contributed by atoms with Gasteiger partial charge < -0.3 is 10.7 Å². The van der Waals surface area contributed by atoms with Crippen LogP contribution in [0.4, 0.5) is 5.69 Å². The fourth-order valence-electron chi connectivity index (χ4n) is 4.33. The average molecular weight is 476 g/mol. The summed E-state index contributed by atoms with van der Waals surface area (Å²) in [6.07, 6.45) is 6.47. The van der Waals surface area contributed by atoms with Crippen molar-refractivity contribution in [3.8, 4) is 22.5 Å². The van der Waals surface area contributed by atoms with Crippen molar-refractivity contribution in [3.05, 3.63) is 59.1 Å². The van der Waals surface area contributed by atoms with Crippen LogP contribution < -0.4 is 11.3 Å². The zero-order chi connectivity index (χ0) is 22.7. The number of fused-ring (bicyclic) bond motifs is 2. The van der Waals surface area contributed by atoms with E-state index in [2.05, 4.69) is 10.1 Å². The molecule has 1 fully saturated rings. The van der Waals surface area contributed by atoms with Crippen molar-refractivity contribution in [3.63, 3.8) is 0 Å². The minimum Gasteiger partial charge on any atom is -0.396 e. The highest BCUT2D eigenvalue weighted by molar-refractivity contribution is 7.88. The molecule has 4 heterocycles. The number of aromatic amines is 1. The van der Waals surface area contributed by atoms with E-state index in [1.54, 1.807) is 17.1 Å². The molecule has 0 saturated heterocycles. The second-order valence-corrected chi connectivity index (χ2v) is 11.3. The van der Waals surface area contributed by atoms with Crippen molar-refractivity contribution in [1.82, 2.24) is 19.7 Å². The summed E-state index contributed by atoms with van der Waals surface area (Å²) >= 11 is 1.42. The van der Waals surface area contributed by atoms with Gasteiger partial charge in [0.2, 0.25) is 0 Å². The zero-order valence-corrected chi connectivity index (χ0v) is 19.5. The topological polar surface area (TPSA) is 107 Å².